The molecule has 2 rings (SSSR count). The summed E-state index contributed by atoms with van der Waals surface area (Å²) in [6, 6.07) is 17.3. The molecule has 1 N–H and O–H groups in total. The van der Waals surface area contributed by atoms with Crippen LogP contribution < -0.4 is 10.1 Å². The van der Waals surface area contributed by atoms with Gasteiger partial charge >= 0.3 is 0 Å². The van der Waals surface area contributed by atoms with Crippen LogP contribution >= 0.6 is 11.8 Å². The maximum absolute atomic E-state index is 5.23. The quantitative estimate of drug-likeness (QED) is 0.797. The Morgan fingerprint density at radius 2 is 1.81 bits per heavy atom. The summed E-state index contributed by atoms with van der Waals surface area (Å²) in [5.74, 6) is 0.896. The Morgan fingerprint density at radius 1 is 1.10 bits per heavy atom. The fraction of sp³-hybridized carbons (Fsp3) is 0.333. The topological polar surface area (TPSA) is 21.3 Å². The Morgan fingerprint density at radius 3 is 2.38 bits per heavy atom. The Labute approximate surface area is 131 Å². The minimum absolute atomic E-state index is 0.307. The molecule has 0 heterocycles. The first kappa shape index (κ1) is 15.9. The molecule has 0 aliphatic heterocycles. The molecule has 0 aliphatic carbocycles. The number of hydrogen-bond donors (Lipinski definition) is 1. The number of hydrogen-bond acceptors (Lipinski definition) is 3. The van der Waals surface area contributed by atoms with Crippen LogP contribution in [0.5, 0.6) is 5.75 Å². The van der Waals surface area contributed by atoms with Gasteiger partial charge in [0.05, 0.1) is 7.11 Å². The Kier molecular flexibility index (Phi) is 5.71. The first-order chi connectivity index (χ1) is 10.1. The molecular formula is C18H23NOS. The average molecular weight is 301 g/mol. The number of nitrogens with one attached hydrogen (secondary N) is 1. The van der Waals surface area contributed by atoms with E-state index in [-0.39, 0.29) is 0 Å². The zero-order valence-corrected chi connectivity index (χ0v) is 13.9. The van der Waals surface area contributed by atoms with Crippen LogP contribution in [0.1, 0.15) is 24.1 Å². The Hall–Kier alpha value is -1.45. The van der Waals surface area contributed by atoms with E-state index in [1.165, 1.54) is 16.0 Å². The molecule has 2 unspecified atom stereocenters. The first-order valence-corrected chi connectivity index (χ1v) is 8.06. The molecule has 0 amide bonds. The van der Waals surface area contributed by atoms with E-state index < -0.39 is 0 Å². The average Bonchev–Trinajstić information content (AvgIpc) is 2.48. The summed E-state index contributed by atoms with van der Waals surface area (Å²) in [6.45, 7) is 4.39. The van der Waals surface area contributed by atoms with Crippen molar-refractivity contribution in [3.8, 4) is 5.75 Å². The highest BCUT2D eigenvalue weighted by Gasteiger charge is 2.18. The monoisotopic (exact) mass is 301 g/mol. The Bertz CT molecular complexity index is 568. The lowest BCUT2D eigenvalue weighted by Crippen LogP contribution is -2.25. The van der Waals surface area contributed by atoms with Gasteiger partial charge in [-0.3, -0.25) is 0 Å². The molecular weight excluding hydrogens is 278 g/mol. The molecule has 0 spiro atoms. The zero-order chi connectivity index (χ0) is 15.2. The van der Waals surface area contributed by atoms with Crippen molar-refractivity contribution in [1.82, 2.24) is 5.32 Å². The predicted octanol–water partition coefficient (Wildman–Crippen LogP) is 4.44. The summed E-state index contributed by atoms with van der Waals surface area (Å²) < 4.78 is 5.23. The van der Waals surface area contributed by atoms with Crippen molar-refractivity contribution in [2.24, 2.45) is 0 Å². The number of ether oxygens (including phenoxy) is 1. The van der Waals surface area contributed by atoms with Crippen LogP contribution in [-0.4, -0.2) is 19.4 Å². The van der Waals surface area contributed by atoms with Gasteiger partial charge in [0.25, 0.3) is 0 Å². The first-order valence-electron chi connectivity index (χ1n) is 7.18. The van der Waals surface area contributed by atoms with Crippen molar-refractivity contribution in [2.75, 3.05) is 14.2 Å². The van der Waals surface area contributed by atoms with Gasteiger partial charge in [-0.1, -0.05) is 36.8 Å². The van der Waals surface area contributed by atoms with Gasteiger partial charge in [0.2, 0.25) is 0 Å². The third-order valence-corrected chi connectivity index (χ3v) is 4.74. The van der Waals surface area contributed by atoms with E-state index in [9.17, 15) is 0 Å². The zero-order valence-electron chi connectivity index (χ0n) is 13.1. The van der Waals surface area contributed by atoms with Gasteiger partial charge < -0.3 is 10.1 Å². The highest BCUT2D eigenvalue weighted by Crippen LogP contribution is 2.32. The van der Waals surface area contributed by atoms with Crippen molar-refractivity contribution in [3.05, 3.63) is 59.7 Å². The Balaban J connectivity index is 2.12. The molecule has 2 nitrogen and oxygen atoms in total. The molecule has 2 aromatic carbocycles. The molecule has 0 radical (unpaired) electrons. The molecule has 0 bridgehead atoms. The summed E-state index contributed by atoms with van der Waals surface area (Å²) >= 11 is 1.90. The van der Waals surface area contributed by atoms with E-state index in [2.05, 4.69) is 55.6 Å². The molecule has 2 atom stereocenters. The lowest BCUT2D eigenvalue weighted by Gasteiger charge is -2.24. The van der Waals surface area contributed by atoms with Crippen LogP contribution in [0.4, 0.5) is 0 Å². The van der Waals surface area contributed by atoms with Gasteiger partial charge in [0.1, 0.15) is 5.75 Å². The third-order valence-electron chi connectivity index (χ3n) is 3.57. The van der Waals surface area contributed by atoms with Gasteiger partial charge in [-0.2, -0.15) is 0 Å². The normalized spacial score (nSPS) is 13.7. The van der Waals surface area contributed by atoms with E-state index in [0.717, 1.165) is 5.75 Å². The number of methoxy groups -OCH3 is 1. The number of thioether (sulfide) groups is 1. The smallest absolute Gasteiger partial charge is 0.118 e. The summed E-state index contributed by atoms with van der Waals surface area (Å²) in [6.07, 6.45) is 0. The highest BCUT2D eigenvalue weighted by molar-refractivity contribution is 8.00. The van der Waals surface area contributed by atoms with Gasteiger partial charge in [-0.25, -0.2) is 0 Å². The highest BCUT2D eigenvalue weighted by atomic mass is 32.2. The maximum atomic E-state index is 5.23. The van der Waals surface area contributed by atoms with E-state index in [1.807, 2.05) is 30.9 Å². The molecule has 0 aliphatic rings. The SMILES string of the molecule is CNC(c1ccc(OC)cc1)C(C)Sc1cccc(C)c1. The maximum Gasteiger partial charge on any atom is 0.118 e. The summed E-state index contributed by atoms with van der Waals surface area (Å²) in [4.78, 5) is 1.32. The minimum atomic E-state index is 0.307. The second-order valence-corrected chi connectivity index (χ2v) is 6.63. The number of benzene rings is 2. The van der Waals surface area contributed by atoms with Gasteiger partial charge in [-0.05, 0) is 43.8 Å². The molecule has 112 valence electrons. The van der Waals surface area contributed by atoms with Crippen LogP contribution in [0.25, 0.3) is 0 Å². The van der Waals surface area contributed by atoms with E-state index in [1.54, 1.807) is 7.11 Å². The molecule has 21 heavy (non-hydrogen) atoms. The number of aryl methyl sites for hydroxylation is 1. The molecule has 0 saturated heterocycles. The van der Waals surface area contributed by atoms with Crippen LogP contribution in [-0.2, 0) is 0 Å². The van der Waals surface area contributed by atoms with E-state index in [4.69, 9.17) is 4.74 Å². The molecule has 0 fully saturated rings. The largest absolute Gasteiger partial charge is 0.497 e. The summed E-state index contributed by atoms with van der Waals surface area (Å²) in [5.41, 5.74) is 2.59. The molecule has 2 aromatic rings. The van der Waals surface area contributed by atoms with Crippen LogP contribution in [0.2, 0.25) is 0 Å². The van der Waals surface area contributed by atoms with Crippen molar-refractivity contribution >= 4 is 11.8 Å². The lowest BCUT2D eigenvalue weighted by molar-refractivity contribution is 0.414. The van der Waals surface area contributed by atoms with Crippen LogP contribution in [0, 0.1) is 6.92 Å². The van der Waals surface area contributed by atoms with Crippen molar-refractivity contribution in [3.63, 3.8) is 0 Å². The second kappa shape index (κ2) is 7.53. The third kappa shape index (κ3) is 4.26. The fourth-order valence-electron chi connectivity index (χ4n) is 2.45. The minimum Gasteiger partial charge on any atom is -0.497 e. The van der Waals surface area contributed by atoms with Crippen molar-refractivity contribution in [2.45, 2.75) is 30.0 Å². The van der Waals surface area contributed by atoms with Gasteiger partial charge in [0, 0.05) is 16.2 Å². The van der Waals surface area contributed by atoms with Crippen molar-refractivity contribution < 1.29 is 4.74 Å². The van der Waals surface area contributed by atoms with Gasteiger partial charge in [0.15, 0.2) is 0 Å². The molecule has 0 aromatic heterocycles. The lowest BCUT2D eigenvalue weighted by atomic mass is 10.0. The fourth-order valence-corrected chi connectivity index (χ4v) is 3.72. The van der Waals surface area contributed by atoms with Crippen molar-refractivity contribution in [1.29, 1.82) is 0 Å². The van der Waals surface area contributed by atoms with Crippen LogP contribution in [0.3, 0.4) is 0 Å². The summed E-state index contributed by atoms with van der Waals surface area (Å²) in [5, 5.41) is 3.86. The molecule has 0 saturated carbocycles. The van der Waals surface area contributed by atoms with E-state index in [0.29, 0.717) is 11.3 Å². The second-order valence-electron chi connectivity index (χ2n) is 5.18. The molecule has 3 heteroatoms. The van der Waals surface area contributed by atoms with E-state index >= 15 is 0 Å². The van der Waals surface area contributed by atoms with Crippen LogP contribution in [0.15, 0.2) is 53.4 Å². The van der Waals surface area contributed by atoms with Gasteiger partial charge in [-0.15, -0.1) is 11.8 Å². The standard InChI is InChI=1S/C18H23NOS/c1-13-6-5-7-17(12-13)21-14(2)18(19-3)15-8-10-16(20-4)11-9-15/h5-12,14,18-19H,1-4H3. The summed E-state index contributed by atoms with van der Waals surface area (Å²) in [7, 11) is 3.71. The predicted molar refractivity (Wildman–Crippen MR) is 91.3 cm³/mol. The number of rotatable bonds is 6.